The fourth-order valence-electron chi connectivity index (χ4n) is 1.81. The van der Waals surface area contributed by atoms with Crippen molar-refractivity contribution < 1.29 is 4.74 Å². The number of aromatic nitrogens is 2. The van der Waals surface area contributed by atoms with Crippen LogP contribution < -0.4 is 10.5 Å². The van der Waals surface area contributed by atoms with E-state index in [4.69, 9.17) is 22.1 Å². The Hall–Kier alpha value is -1.68. The molecule has 0 aliphatic carbocycles. The minimum Gasteiger partial charge on any atom is -0.496 e. The third-order valence-electron chi connectivity index (χ3n) is 2.83. The number of halogens is 1. The smallest absolute Gasteiger partial charge is 0.129 e. The van der Waals surface area contributed by atoms with Gasteiger partial charge in [-0.2, -0.15) is 5.10 Å². The van der Waals surface area contributed by atoms with Crippen molar-refractivity contribution in [2.45, 2.75) is 6.92 Å². The molecule has 0 fully saturated rings. The Morgan fingerprint density at radius 1 is 1.41 bits per heavy atom. The zero-order valence-corrected chi connectivity index (χ0v) is 10.7. The first kappa shape index (κ1) is 11.8. The summed E-state index contributed by atoms with van der Waals surface area (Å²) < 4.78 is 6.97. The van der Waals surface area contributed by atoms with Gasteiger partial charge in [0.2, 0.25) is 0 Å². The maximum absolute atomic E-state index is 6.13. The number of benzene rings is 1. The average molecular weight is 252 g/mol. The van der Waals surface area contributed by atoms with Gasteiger partial charge in [0.25, 0.3) is 0 Å². The molecular formula is C12H14ClN3O. The number of anilines is 1. The first-order chi connectivity index (χ1) is 8.06. The third-order valence-corrected chi connectivity index (χ3v) is 3.24. The molecule has 0 aliphatic heterocycles. The zero-order valence-electron chi connectivity index (χ0n) is 9.99. The highest BCUT2D eigenvalue weighted by molar-refractivity contribution is 6.31. The van der Waals surface area contributed by atoms with Crippen molar-refractivity contribution in [1.29, 1.82) is 0 Å². The predicted molar refractivity (Wildman–Crippen MR) is 69.4 cm³/mol. The number of nitrogen functional groups attached to an aromatic ring is 1. The summed E-state index contributed by atoms with van der Waals surface area (Å²) in [5, 5.41) is 4.82. The van der Waals surface area contributed by atoms with E-state index in [1.165, 1.54) is 0 Å². The van der Waals surface area contributed by atoms with Crippen molar-refractivity contribution >= 4 is 17.4 Å². The van der Waals surface area contributed by atoms with Gasteiger partial charge in [-0.15, -0.1) is 0 Å². The molecule has 0 radical (unpaired) electrons. The molecule has 0 bridgehead atoms. The monoisotopic (exact) mass is 251 g/mol. The van der Waals surface area contributed by atoms with Crippen molar-refractivity contribution in [3.8, 4) is 16.9 Å². The summed E-state index contributed by atoms with van der Waals surface area (Å²) in [6.07, 6.45) is 1.72. The number of methoxy groups -OCH3 is 1. The van der Waals surface area contributed by atoms with Crippen molar-refractivity contribution in [1.82, 2.24) is 9.78 Å². The number of rotatable bonds is 2. The number of nitrogens with two attached hydrogens (primary N) is 1. The van der Waals surface area contributed by atoms with Gasteiger partial charge in [0.15, 0.2) is 0 Å². The van der Waals surface area contributed by atoms with Gasteiger partial charge in [0.05, 0.1) is 13.3 Å². The van der Waals surface area contributed by atoms with E-state index < -0.39 is 0 Å². The highest BCUT2D eigenvalue weighted by Gasteiger charge is 2.16. The van der Waals surface area contributed by atoms with E-state index >= 15 is 0 Å². The van der Waals surface area contributed by atoms with Gasteiger partial charge in [-0.3, -0.25) is 4.68 Å². The second-order valence-corrected chi connectivity index (χ2v) is 4.22. The lowest BCUT2D eigenvalue weighted by Gasteiger charge is -2.12. The van der Waals surface area contributed by atoms with Gasteiger partial charge in [0.1, 0.15) is 11.6 Å². The SMILES string of the molecule is COc1ccc(Cl)c(C)c1-c1cnn(C)c1N. The standard InChI is InChI=1S/C12H14ClN3O/c1-7-9(13)4-5-10(17-3)11(7)8-6-15-16(2)12(8)14/h4-6H,14H2,1-3H3. The third kappa shape index (κ3) is 1.85. The second kappa shape index (κ2) is 4.30. The molecule has 17 heavy (non-hydrogen) atoms. The van der Waals surface area contributed by atoms with Crippen LogP contribution >= 0.6 is 11.6 Å². The van der Waals surface area contributed by atoms with Crippen molar-refractivity contribution in [3.05, 3.63) is 28.9 Å². The summed E-state index contributed by atoms with van der Waals surface area (Å²) in [5.41, 5.74) is 8.65. The highest BCUT2D eigenvalue weighted by Crippen LogP contribution is 2.39. The van der Waals surface area contributed by atoms with Gasteiger partial charge >= 0.3 is 0 Å². The molecule has 0 atom stereocenters. The van der Waals surface area contributed by atoms with Crippen molar-refractivity contribution in [2.75, 3.05) is 12.8 Å². The molecule has 1 heterocycles. The summed E-state index contributed by atoms with van der Waals surface area (Å²) in [6, 6.07) is 3.64. The predicted octanol–water partition coefficient (Wildman–Crippen LogP) is 2.64. The summed E-state index contributed by atoms with van der Waals surface area (Å²) in [5.74, 6) is 1.33. The van der Waals surface area contributed by atoms with Gasteiger partial charge in [0, 0.05) is 23.2 Å². The Morgan fingerprint density at radius 2 is 2.12 bits per heavy atom. The number of aryl methyl sites for hydroxylation is 1. The van der Waals surface area contributed by atoms with Gasteiger partial charge in [-0.25, -0.2) is 0 Å². The molecule has 2 N–H and O–H groups in total. The first-order valence-corrected chi connectivity index (χ1v) is 5.55. The molecular weight excluding hydrogens is 238 g/mol. The number of nitrogens with zero attached hydrogens (tertiary/aromatic N) is 2. The van der Waals surface area contributed by atoms with Gasteiger partial charge < -0.3 is 10.5 Å². The fraction of sp³-hybridized carbons (Fsp3) is 0.250. The van der Waals surface area contributed by atoms with E-state index in [-0.39, 0.29) is 0 Å². The Morgan fingerprint density at radius 3 is 2.65 bits per heavy atom. The number of hydrogen-bond donors (Lipinski definition) is 1. The van der Waals surface area contributed by atoms with Crippen LogP contribution in [-0.4, -0.2) is 16.9 Å². The molecule has 0 saturated heterocycles. The van der Waals surface area contributed by atoms with Crippen LogP contribution in [0.15, 0.2) is 18.3 Å². The lowest BCUT2D eigenvalue weighted by molar-refractivity contribution is 0.416. The van der Waals surface area contributed by atoms with Crippen LogP contribution in [0.4, 0.5) is 5.82 Å². The molecule has 1 aromatic heterocycles. The van der Waals surface area contributed by atoms with Gasteiger partial charge in [-0.05, 0) is 24.6 Å². The molecule has 0 spiro atoms. The van der Waals surface area contributed by atoms with E-state index in [0.717, 1.165) is 22.4 Å². The molecule has 0 saturated carbocycles. The summed E-state index contributed by atoms with van der Waals surface area (Å²) in [4.78, 5) is 0. The molecule has 2 rings (SSSR count). The van der Waals surface area contributed by atoms with Crippen LogP contribution in [0, 0.1) is 6.92 Å². The minimum atomic E-state index is 0.591. The van der Waals surface area contributed by atoms with Crippen LogP contribution in [0.3, 0.4) is 0 Å². The molecule has 4 nitrogen and oxygen atoms in total. The van der Waals surface area contributed by atoms with Crippen molar-refractivity contribution in [2.24, 2.45) is 7.05 Å². The van der Waals surface area contributed by atoms with E-state index in [1.807, 2.05) is 19.1 Å². The molecule has 0 amide bonds. The Kier molecular flexibility index (Phi) is 2.98. The summed E-state index contributed by atoms with van der Waals surface area (Å²) in [7, 11) is 3.42. The molecule has 90 valence electrons. The molecule has 5 heteroatoms. The molecule has 0 unspecified atom stereocenters. The summed E-state index contributed by atoms with van der Waals surface area (Å²) in [6.45, 7) is 1.94. The van der Waals surface area contributed by atoms with Crippen molar-refractivity contribution in [3.63, 3.8) is 0 Å². The van der Waals surface area contributed by atoms with E-state index in [1.54, 1.807) is 25.0 Å². The lowest BCUT2D eigenvalue weighted by Crippen LogP contribution is -1.99. The van der Waals surface area contributed by atoms with Crippen LogP contribution in [0.5, 0.6) is 5.75 Å². The zero-order chi connectivity index (χ0) is 12.6. The number of hydrogen-bond acceptors (Lipinski definition) is 3. The quantitative estimate of drug-likeness (QED) is 0.893. The van der Waals surface area contributed by atoms with Crippen LogP contribution in [0.25, 0.3) is 11.1 Å². The normalized spacial score (nSPS) is 10.6. The van der Waals surface area contributed by atoms with Gasteiger partial charge in [-0.1, -0.05) is 11.6 Å². The lowest BCUT2D eigenvalue weighted by atomic mass is 10.0. The van der Waals surface area contributed by atoms with E-state index in [9.17, 15) is 0 Å². The second-order valence-electron chi connectivity index (χ2n) is 3.82. The fourth-order valence-corrected chi connectivity index (χ4v) is 1.96. The molecule has 2 aromatic rings. The van der Waals surface area contributed by atoms with E-state index in [0.29, 0.717) is 10.8 Å². The largest absolute Gasteiger partial charge is 0.496 e. The van der Waals surface area contributed by atoms with Crippen LogP contribution in [0.1, 0.15) is 5.56 Å². The topological polar surface area (TPSA) is 53.1 Å². The minimum absolute atomic E-state index is 0.591. The average Bonchev–Trinajstić information content (AvgIpc) is 2.64. The highest BCUT2D eigenvalue weighted by atomic mass is 35.5. The van der Waals surface area contributed by atoms with Crippen LogP contribution in [0.2, 0.25) is 5.02 Å². The maximum atomic E-state index is 6.13. The first-order valence-electron chi connectivity index (χ1n) is 5.17. The molecule has 1 aromatic carbocycles. The Labute approximate surface area is 105 Å². The van der Waals surface area contributed by atoms with Crippen LogP contribution in [-0.2, 0) is 7.05 Å². The Bertz CT molecular complexity index is 563. The maximum Gasteiger partial charge on any atom is 0.129 e. The van der Waals surface area contributed by atoms with E-state index in [2.05, 4.69) is 5.10 Å². The summed E-state index contributed by atoms with van der Waals surface area (Å²) >= 11 is 6.13. The molecule has 0 aliphatic rings. The number of ether oxygens (including phenoxy) is 1. The Balaban J connectivity index is 2.73.